The van der Waals surface area contributed by atoms with E-state index in [4.69, 9.17) is 5.41 Å². The lowest BCUT2D eigenvalue weighted by atomic mass is 10.1. The Morgan fingerprint density at radius 3 is 2.35 bits per heavy atom. The van der Waals surface area contributed by atoms with E-state index in [2.05, 4.69) is 59.8 Å². The number of likely N-dealkylation sites (tertiary alicyclic amines) is 1. The SMILES string of the molecule is CN1CCC(Nc2ccccc2)CC1.N=C=S. The maximum absolute atomic E-state index is 5.77. The highest BCUT2D eigenvalue weighted by atomic mass is 32.1. The Balaban J connectivity index is 0.000000437. The van der Waals surface area contributed by atoms with Gasteiger partial charge in [0, 0.05) is 11.7 Å². The van der Waals surface area contributed by atoms with Gasteiger partial charge in [0.05, 0.1) is 5.16 Å². The number of hydrogen-bond acceptors (Lipinski definition) is 4. The van der Waals surface area contributed by atoms with Crippen LogP contribution in [0.15, 0.2) is 30.3 Å². The molecule has 1 aliphatic heterocycles. The van der Waals surface area contributed by atoms with Crippen molar-refractivity contribution in [2.24, 2.45) is 0 Å². The van der Waals surface area contributed by atoms with E-state index in [0.717, 1.165) is 0 Å². The van der Waals surface area contributed by atoms with E-state index in [1.165, 1.54) is 31.6 Å². The van der Waals surface area contributed by atoms with Crippen LogP contribution < -0.4 is 5.32 Å². The highest BCUT2D eigenvalue weighted by Gasteiger charge is 2.15. The van der Waals surface area contributed by atoms with Crippen LogP contribution in [0.3, 0.4) is 0 Å². The van der Waals surface area contributed by atoms with Crippen molar-refractivity contribution in [1.29, 1.82) is 5.41 Å². The van der Waals surface area contributed by atoms with Crippen LogP contribution in [0.25, 0.3) is 0 Å². The predicted octanol–water partition coefficient (Wildman–Crippen LogP) is 2.86. The summed E-state index contributed by atoms with van der Waals surface area (Å²) >= 11 is 3.81. The van der Waals surface area contributed by atoms with Gasteiger partial charge in [-0.05, 0) is 57.3 Å². The molecule has 4 heteroatoms. The summed E-state index contributed by atoms with van der Waals surface area (Å²) in [7, 11) is 2.19. The molecule has 0 spiro atoms. The van der Waals surface area contributed by atoms with Crippen molar-refractivity contribution in [1.82, 2.24) is 4.90 Å². The van der Waals surface area contributed by atoms with Crippen LogP contribution in [0.2, 0.25) is 0 Å². The first-order valence-corrected chi connectivity index (χ1v) is 6.21. The van der Waals surface area contributed by atoms with Crippen LogP contribution in [0.5, 0.6) is 0 Å². The Labute approximate surface area is 108 Å². The second-order valence-corrected chi connectivity index (χ2v) is 4.39. The van der Waals surface area contributed by atoms with Gasteiger partial charge >= 0.3 is 0 Å². The number of rotatable bonds is 2. The molecule has 17 heavy (non-hydrogen) atoms. The Morgan fingerprint density at radius 1 is 1.29 bits per heavy atom. The third-order valence-electron chi connectivity index (χ3n) is 2.86. The monoisotopic (exact) mass is 249 g/mol. The van der Waals surface area contributed by atoms with Gasteiger partial charge in [-0.3, -0.25) is 0 Å². The van der Waals surface area contributed by atoms with Crippen molar-refractivity contribution >= 4 is 23.1 Å². The summed E-state index contributed by atoms with van der Waals surface area (Å²) in [5, 5.41) is 10.9. The second kappa shape index (κ2) is 7.96. The predicted molar refractivity (Wildman–Crippen MR) is 75.9 cm³/mol. The number of isothiocyanates is 1. The number of benzene rings is 1. The second-order valence-electron chi connectivity index (χ2n) is 4.19. The summed E-state index contributed by atoms with van der Waals surface area (Å²) in [5.74, 6) is 0. The first-order valence-electron chi connectivity index (χ1n) is 5.80. The molecule has 0 unspecified atom stereocenters. The number of nitrogens with one attached hydrogen (secondary N) is 2. The van der Waals surface area contributed by atoms with E-state index >= 15 is 0 Å². The molecule has 2 N–H and O–H groups in total. The molecular weight excluding hydrogens is 230 g/mol. The minimum Gasteiger partial charge on any atom is -0.382 e. The van der Waals surface area contributed by atoms with Gasteiger partial charge in [-0.1, -0.05) is 18.2 Å². The fourth-order valence-corrected chi connectivity index (χ4v) is 1.92. The molecule has 92 valence electrons. The molecule has 0 radical (unpaired) electrons. The third kappa shape index (κ3) is 5.59. The molecule has 0 amide bonds. The summed E-state index contributed by atoms with van der Waals surface area (Å²) < 4.78 is 0. The van der Waals surface area contributed by atoms with Gasteiger partial charge in [0.2, 0.25) is 0 Å². The molecule has 0 bridgehead atoms. The van der Waals surface area contributed by atoms with E-state index in [0.29, 0.717) is 6.04 Å². The third-order valence-corrected chi connectivity index (χ3v) is 2.86. The number of nitrogens with zero attached hydrogens (tertiary/aromatic N) is 1. The number of thiocarbonyl (C=S) groups is 1. The van der Waals surface area contributed by atoms with E-state index in [9.17, 15) is 0 Å². The Bertz CT molecular complexity index is 339. The van der Waals surface area contributed by atoms with E-state index in [-0.39, 0.29) is 0 Å². The van der Waals surface area contributed by atoms with Crippen molar-refractivity contribution in [2.45, 2.75) is 18.9 Å². The summed E-state index contributed by atoms with van der Waals surface area (Å²) in [6.45, 7) is 2.43. The molecule has 1 aromatic rings. The Kier molecular flexibility index (Phi) is 6.48. The lowest BCUT2D eigenvalue weighted by Gasteiger charge is -2.30. The molecule has 1 aliphatic rings. The van der Waals surface area contributed by atoms with Crippen molar-refractivity contribution < 1.29 is 0 Å². The highest BCUT2D eigenvalue weighted by molar-refractivity contribution is 7.78. The van der Waals surface area contributed by atoms with Crippen molar-refractivity contribution in [3.05, 3.63) is 30.3 Å². The van der Waals surface area contributed by atoms with Crippen LogP contribution in [-0.2, 0) is 0 Å². The summed E-state index contributed by atoms with van der Waals surface area (Å²) in [6, 6.07) is 11.2. The molecule has 1 heterocycles. The van der Waals surface area contributed by atoms with Gasteiger partial charge in [-0.25, -0.2) is 5.41 Å². The van der Waals surface area contributed by atoms with Crippen LogP contribution in [0, 0.1) is 5.41 Å². The minimum absolute atomic E-state index is 0.661. The van der Waals surface area contributed by atoms with E-state index in [1.54, 1.807) is 5.16 Å². The standard InChI is InChI=1S/C12H18N2.CHNS/c1-14-9-7-12(8-10-14)13-11-5-3-2-4-6-11;2-1-3/h2-6,12-13H,7-10H2,1H3;2H. The van der Waals surface area contributed by atoms with Crippen molar-refractivity contribution in [3.63, 3.8) is 0 Å². The minimum atomic E-state index is 0.661. The largest absolute Gasteiger partial charge is 0.382 e. The first kappa shape index (κ1) is 13.8. The Morgan fingerprint density at radius 2 is 1.82 bits per heavy atom. The van der Waals surface area contributed by atoms with Crippen LogP contribution in [-0.4, -0.2) is 36.2 Å². The number of para-hydroxylation sites is 1. The lowest BCUT2D eigenvalue weighted by molar-refractivity contribution is 0.264. The normalized spacial score (nSPS) is 16.5. The average molecular weight is 249 g/mol. The fraction of sp³-hybridized carbons (Fsp3) is 0.462. The first-order chi connectivity index (χ1) is 8.26. The molecule has 0 aliphatic carbocycles. The van der Waals surface area contributed by atoms with Gasteiger partial charge in [0.25, 0.3) is 0 Å². The van der Waals surface area contributed by atoms with E-state index < -0.39 is 0 Å². The smallest absolute Gasteiger partial charge is 0.0554 e. The van der Waals surface area contributed by atoms with Crippen LogP contribution >= 0.6 is 12.2 Å². The van der Waals surface area contributed by atoms with Gasteiger partial charge in [-0.2, -0.15) is 0 Å². The van der Waals surface area contributed by atoms with Gasteiger partial charge in [0.15, 0.2) is 0 Å². The van der Waals surface area contributed by atoms with Crippen LogP contribution in [0.4, 0.5) is 5.69 Å². The van der Waals surface area contributed by atoms with E-state index in [1.807, 2.05) is 0 Å². The quantitative estimate of drug-likeness (QED) is 0.625. The summed E-state index contributed by atoms with van der Waals surface area (Å²) in [6.07, 6.45) is 2.51. The van der Waals surface area contributed by atoms with Gasteiger partial charge in [0.1, 0.15) is 0 Å². The average Bonchev–Trinajstić information content (AvgIpc) is 2.35. The molecule has 3 nitrogen and oxygen atoms in total. The van der Waals surface area contributed by atoms with Gasteiger partial charge in [-0.15, -0.1) is 0 Å². The van der Waals surface area contributed by atoms with Gasteiger partial charge < -0.3 is 10.2 Å². The maximum Gasteiger partial charge on any atom is 0.0554 e. The number of anilines is 1. The fourth-order valence-electron chi connectivity index (χ4n) is 1.92. The van der Waals surface area contributed by atoms with Crippen molar-refractivity contribution in [2.75, 3.05) is 25.5 Å². The van der Waals surface area contributed by atoms with Crippen molar-refractivity contribution in [3.8, 4) is 0 Å². The molecule has 1 fully saturated rings. The summed E-state index contributed by atoms with van der Waals surface area (Å²) in [4.78, 5) is 2.39. The Hall–Kier alpha value is -1.22. The zero-order chi connectivity index (χ0) is 12.5. The van der Waals surface area contributed by atoms with Crippen LogP contribution in [0.1, 0.15) is 12.8 Å². The molecule has 0 saturated carbocycles. The number of hydrogen-bond donors (Lipinski definition) is 2. The highest BCUT2D eigenvalue weighted by Crippen LogP contribution is 2.14. The topological polar surface area (TPSA) is 39.1 Å². The zero-order valence-corrected chi connectivity index (χ0v) is 11.0. The molecule has 0 atom stereocenters. The molecular formula is C13H19N3S. The molecule has 0 aromatic heterocycles. The maximum atomic E-state index is 5.77. The molecule has 2 rings (SSSR count). The molecule has 1 aromatic carbocycles. The zero-order valence-electron chi connectivity index (χ0n) is 10.1. The molecule has 1 saturated heterocycles. The lowest BCUT2D eigenvalue weighted by Crippen LogP contribution is -2.36. The summed E-state index contributed by atoms with van der Waals surface area (Å²) in [5.41, 5.74) is 1.25. The number of piperidine rings is 1.